The second-order valence-electron chi connectivity index (χ2n) is 6.16. The molecular weight excluding hydrogens is 312 g/mol. The lowest BCUT2D eigenvalue weighted by molar-refractivity contribution is 0.542. The van der Waals surface area contributed by atoms with Crippen LogP contribution in [0.3, 0.4) is 0 Å². The van der Waals surface area contributed by atoms with E-state index in [1.807, 2.05) is 48.7 Å². The van der Waals surface area contributed by atoms with Crippen LogP contribution in [0.15, 0.2) is 30.3 Å². The predicted octanol–water partition coefficient (Wildman–Crippen LogP) is 2.01. The third kappa shape index (κ3) is 3.61. The van der Waals surface area contributed by atoms with Crippen molar-refractivity contribution in [3.05, 3.63) is 47.5 Å². The third-order valence-corrected chi connectivity index (χ3v) is 5.87. The summed E-state index contributed by atoms with van der Waals surface area (Å²) in [5, 5.41) is 8.28. The molecule has 2 atom stereocenters. The van der Waals surface area contributed by atoms with Crippen LogP contribution in [0.25, 0.3) is 0 Å². The number of aromatic nitrogens is 3. The molecule has 1 aromatic carbocycles. The Morgan fingerprint density at radius 3 is 2.70 bits per heavy atom. The van der Waals surface area contributed by atoms with Gasteiger partial charge in [0.1, 0.15) is 5.82 Å². The largest absolute Gasteiger partial charge is 0.314 e. The fourth-order valence-corrected chi connectivity index (χ4v) is 4.66. The molecular formula is C16H22N4O2S. The lowest BCUT2D eigenvalue weighted by atomic mass is 10.0. The van der Waals surface area contributed by atoms with E-state index in [0.717, 1.165) is 30.8 Å². The van der Waals surface area contributed by atoms with Gasteiger partial charge in [0, 0.05) is 13.0 Å². The highest BCUT2D eigenvalue weighted by Gasteiger charge is 2.25. The summed E-state index contributed by atoms with van der Waals surface area (Å²) in [6, 6.07) is 9.31. The van der Waals surface area contributed by atoms with Crippen LogP contribution in [0.1, 0.15) is 49.4 Å². The maximum atomic E-state index is 12.5. The summed E-state index contributed by atoms with van der Waals surface area (Å²) >= 11 is 0. The Bertz CT molecular complexity index is 771. The van der Waals surface area contributed by atoms with Crippen LogP contribution in [0.4, 0.5) is 0 Å². The fraction of sp³-hybridized carbons (Fsp3) is 0.500. The topological polar surface area (TPSA) is 76.9 Å². The van der Waals surface area contributed by atoms with Crippen molar-refractivity contribution >= 4 is 10.0 Å². The quantitative estimate of drug-likeness (QED) is 0.876. The van der Waals surface area contributed by atoms with Crippen LogP contribution in [0.5, 0.6) is 0 Å². The van der Waals surface area contributed by atoms with Crippen LogP contribution in [0, 0.1) is 0 Å². The molecule has 7 heteroatoms. The molecule has 0 bridgehead atoms. The maximum Gasteiger partial charge on any atom is 0.212 e. The molecule has 0 fully saturated rings. The van der Waals surface area contributed by atoms with E-state index in [4.69, 9.17) is 0 Å². The molecule has 0 unspecified atom stereocenters. The van der Waals surface area contributed by atoms with Gasteiger partial charge >= 0.3 is 0 Å². The zero-order chi connectivity index (χ0) is 16.4. The highest BCUT2D eigenvalue weighted by molar-refractivity contribution is 7.89. The molecule has 3 rings (SSSR count). The Labute approximate surface area is 137 Å². The van der Waals surface area contributed by atoms with Gasteiger partial charge in [-0.3, -0.25) is 0 Å². The van der Waals surface area contributed by atoms with E-state index in [-0.39, 0.29) is 17.7 Å². The Hall–Kier alpha value is -1.73. The van der Waals surface area contributed by atoms with Crippen molar-refractivity contribution in [2.24, 2.45) is 0 Å². The molecule has 0 saturated heterocycles. The van der Waals surface area contributed by atoms with E-state index < -0.39 is 10.0 Å². The highest BCUT2D eigenvalue weighted by Crippen LogP contribution is 2.21. The van der Waals surface area contributed by atoms with E-state index in [0.29, 0.717) is 5.82 Å². The van der Waals surface area contributed by atoms with Gasteiger partial charge in [0.05, 0.1) is 11.8 Å². The molecule has 0 radical (unpaired) electrons. The number of fused-ring (bicyclic) bond motifs is 1. The lowest BCUT2D eigenvalue weighted by Crippen LogP contribution is -2.32. The number of rotatable bonds is 6. The zero-order valence-electron chi connectivity index (χ0n) is 13.4. The molecule has 124 valence electrons. The first-order chi connectivity index (χ1) is 11.0. The molecule has 0 spiro atoms. The van der Waals surface area contributed by atoms with Gasteiger partial charge in [0.15, 0.2) is 5.82 Å². The number of hydrogen-bond donors (Lipinski definition) is 1. The zero-order valence-corrected chi connectivity index (χ0v) is 14.3. The first-order valence-electron chi connectivity index (χ1n) is 7.93. The summed E-state index contributed by atoms with van der Waals surface area (Å²) in [4.78, 5) is 0. The van der Waals surface area contributed by atoms with Crippen LogP contribution < -0.4 is 4.72 Å². The minimum Gasteiger partial charge on any atom is -0.314 e. The Kier molecular flexibility index (Phi) is 4.50. The molecule has 0 amide bonds. The van der Waals surface area contributed by atoms with Crippen molar-refractivity contribution < 1.29 is 8.42 Å². The van der Waals surface area contributed by atoms with Crippen molar-refractivity contribution in [1.82, 2.24) is 19.5 Å². The Morgan fingerprint density at radius 1 is 1.22 bits per heavy atom. The molecule has 1 N–H and O–H groups in total. The van der Waals surface area contributed by atoms with Crippen LogP contribution >= 0.6 is 0 Å². The Balaban J connectivity index is 1.68. The number of sulfonamides is 1. The standard InChI is InChI=1S/C16H22N4O2S/c1-12(14-7-4-3-5-8-14)11-23(21,22)19-13(2)16-18-17-15-9-6-10-20(15)16/h3-5,7-8,12-13,19H,6,9-11H2,1-2H3/t12-,13+/m1/s1. The minimum absolute atomic E-state index is 0.0579. The molecule has 1 aromatic heterocycles. The van der Waals surface area contributed by atoms with E-state index in [9.17, 15) is 8.42 Å². The average Bonchev–Trinajstić information content (AvgIpc) is 3.09. The number of benzene rings is 1. The maximum absolute atomic E-state index is 12.5. The highest BCUT2D eigenvalue weighted by atomic mass is 32.2. The fourth-order valence-electron chi connectivity index (χ4n) is 3.07. The first-order valence-corrected chi connectivity index (χ1v) is 9.58. The van der Waals surface area contributed by atoms with Gasteiger partial charge in [0.2, 0.25) is 10.0 Å². The van der Waals surface area contributed by atoms with Crippen molar-refractivity contribution in [3.63, 3.8) is 0 Å². The van der Waals surface area contributed by atoms with Gasteiger partial charge < -0.3 is 4.57 Å². The molecule has 23 heavy (non-hydrogen) atoms. The van der Waals surface area contributed by atoms with Gasteiger partial charge in [-0.2, -0.15) is 0 Å². The average molecular weight is 334 g/mol. The molecule has 2 heterocycles. The molecule has 1 aliphatic heterocycles. The molecule has 0 saturated carbocycles. The smallest absolute Gasteiger partial charge is 0.212 e. The SMILES string of the molecule is C[C@H](CS(=O)(=O)N[C@@H](C)c1nnc2n1CCC2)c1ccccc1. The van der Waals surface area contributed by atoms with Crippen molar-refractivity contribution in [2.45, 2.75) is 45.2 Å². The summed E-state index contributed by atoms with van der Waals surface area (Å²) in [5.74, 6) is 1.64. The lowest BCUT2D eigenvalue weighted by Gasteiger charge is -2.17. The molecule has 1 aliphatic rings. The molecule has 2 aromatic rings. The third-order valence-electron chi connectivity index (χ3n) is 4.22. The molecule has 0 aliphatic carbocycles. The number of nitrogens with one attached hydrogen (secondary N) is 1. The van der Waals surface area contributed by atoms with E-state index >= 15 is 0 Å². The number of hydrogen-bond acceptors (Lipinski definition) is 4. The van der Waals surface area contributed by atoms with Crippen LogP contribution in [-0.2, 0) is 23.0 Å². The molecule has 6 nitrogen and oxygen atoms in total. The van der Waals surface area contributed by atoms with Crippen molar-refractivity contribution in [1.29, 1.82) is 0 Å². The summed E-state index contributed by atoms with van der Waals surface area (Å²) in [5.41, 5.74) is 1.02. The van der Waals surface area contributed by atoms with Gasteiger partial charge in [-0.15, -0.1) is 10.2 Å². The minimum atomic E-state index is -3.40. The van der Waals surface area contributed by atoms with Crippen molar-refractivity contribution in [2.75, 3.05) is 5.75 Å². The summed E-state index contributed by atoms with van der Waals surface area (Å²) in [6.45, 7) is 4.61. The van der Waals surface area contributed by atoms with Gasteiger partial charge in [0.25, 0.3) is 0 Å². The number of nitrogens with zero attached hydrogens (tertiary/aromatic N) is 3. The van der Waals surface area contributed by atoms with Crippen molar-refractivity contribution in [3.8, 4) is 0 Å². The Morgan fingerprint density at radius 2 is 1.96 bits per heavy atom. The van der Waals surface area contributed by atoms with Gasteiger partial charge in [-0.1, -0.05) is 37.3 Å². The monoisotopic (exact) mass is 334 g/mol. The van der Waals surface area contributed by atoms with Crippen LogP contribution in [-0.4, -0.2) is 28.9 Å². The predicted molar refractivity (Wildman–Crippen MR) is 88.5 cm³/mol. The summed E-state index contributed by atoms with van der Waals surface area (Å²) < 4.78 is 29.7. The first kappa shape index (κ1) is 16.1. The normalized spacial score (nSPS) is 17.0. The summed E-state index contributed by atoms with van der Waals surface area (Å²) in [7, 11) is -3.40. The summed E-state index contributed by atoms with van der Waals surface area (Å²) in [6.07, 6.45) is 1.96. The number of aryl methyl sites for hydroxylation is 1. The second-order valence-corrected chi connectivity index (χ2v) is 7.96. The van der Waals surface area contributed by atoms with E-state index in [1.54, 1.807) is 0 Å². The van der Waals surface area contributed by atoms with E-state index in [1.165, 1.54) is 0 Å². The van der Waals surface area contributed by atoms with E-state index in [2.05, 4.69) is 14.9 Å². The van der Waals surface area contributed by atoms with Gasteiger partial charge in [-0.25, -0.2) is 13.1 Å². The second kappa shape index (κ2) is 6.41. The van der Waals surface area contributed by atoms with Gasteiger partial charge in [-0.05, 0) is 24.8 Å². The van der Waals surface area contributed by atoms with Crippen LogP contribution in [0.2, 0.25) is 0 Å².